The van der Waals surface area contributed by atoms with Crippen molar-refractivity contribution < 1.29 is 17.6 Å². The number of amides is 1. The predicted octanol–water partition coefficient (Wildman–Crippen LogP) is 2.66. The monoisotopic (exact) mass is 370 g/mol. The Balaban J connectivity index is 2.09. The van der Waals surface area contributed by atoms with Crippen LogP contribution in [0.1, 0.15) is 15.9 Å². The summed E-state index contributed by atoms with van der Waals surface area (Å²) in [6, 6.07) is 9.77. The highest BCUT2D eigenvalue weighted by molar-refractivity contribution is 7.89. The van der Waals surface area contributed by atoms with Crippen LogP contribution in [0.15, 0.2) is 47.4 Å². The smallest absolute Gasteiger partial charge is 0.253 e. The maximum Gasteiger partial charge on any atom is 0.253 e. The number of carbonyl (C=O) groups excluding carboxylic acids is 1. The molecular formula is C16H16ClFN2O3S. The highest BCUT2D eigenvalue weighted by Gasteiger charge is 2.16. The molecule has 0 aliphatic carbocycles. The first-order chi connectivity index (χ1) is 11.2. The Hall–Kier alpha value is -1.96. The fraction of sp³-hybridized carbons (Fsp3) is 0.188. The zero-order valence-electron chi connectivity index (χ0n) is 13.1. The molecule has 8 heteroatoms. The molecule has 24 heavy (non-hydrogen) atoms. The van der Waals surface area contributed by atoms with Gasteiger partial charge in [0.05, 0.1) is 9.92 Å². The van der Waals surface area contributed by atoms with Gasteiger partial charge in [-0.05, 0) is 35.9 Å². The summed E-state index contributed by atoms with van der Waals surface area (Å²) in [5.41, 5.74) is 1.19. The Bertz CT molecular complexity index is 852. The minimum absolute atomic E-state index is 0.0355. The van der Waals surface area contributed by atoms with E-state index in [1.165, 1.54) is 4.90 Å². The van der Waals surface area contributed by atoms with Crippen molar-refractivity contribution >= 4 is 27.5 Å². The Morgan fingerprint density at radius 1 is 1.17 bits per heavy atom. The summed E-state index contributed by atoms with van der Waals surface area (Å²) in [5, 5.41) is -0.260. The molecule has 0 saturated heterocycles. The second kappa shape index (κ2) is 7.29. The lowest BCUT2D eigenvalue weighted by Crippen LogP contribution is -2.24. The van der Waals surface area contributed by atoms with Crippen molar-refractivity contribution in [3.05, 3.63) is 64.4 Å². The molecule has 0 heterocycles. The van der Waals surface area contributed by atoms with E-state index < -0.39 is 15.8 Å². The van der Waals surface area contributed by atoms with Crippen molar-refractivity contribution in [3.63, 3.8) is 0 Å². The fourth-order valence-corrected chi connectivity index (χ4v) is 3.22. The Morgan fingerprint density at radius 2 is 1.79 bits per heavy atom. The summed E-state index contributed by atoms with van der Waals surface area (Å²) < 4.78 is 39.9. The molecule has 0 bridgehead atoms. The van der Waals surface area contributed by atoms with Gasteiger partial charge in [0.25, 0.3) is 5.91 Å². The topological polar surface area (TPSA) is 66.5 Å². The van der Waals surface area contributed by atoms with Gasteiger partial charge in [-0.2, -0.15) is 0 Å². The summed E-state index contributed by atoms with van der Waals surface area (Å²) in [5.74, 6) is -0.820. The number of rotatable bonds is 5. The Labute approximate surface area is 145 Å². The normalized spacial score (nSPS) is 11.3. The number of nitrogens with zero attached hydrogens (tertiary/aromatic N) is 1. The van der Waals surface area contributed by atoms with Crippen molar-refractivity contribution in [1.82, 2.24) is 9.62 Å². The highest BCUT2D eigenvalue weighted by Crippen LogP contribution is 2.19. The molecule has 1 N–H and O–H groups in total. The van der Waals surface area contributed by atoms with Gasteiger partial charge in [-0.15, -0.1) is 0 Å². The molecule has 0 aliphatic rings. The van der Waals surface area contributed by atoms with Gasteiger partial charge in [0.15, 0.2) is 0 Å². The van der Waals surface area contributed by atoms with Gasteiger partial charge in [0.2, 0.25) is 10.0 Å². The van der Waals surface area contributed by atoms with Crippen LogP contribution in [0.3, 0.4) is 0 Å². The predicted molar refractivity (Wildman–Crippen MR) is 89.9 cm³/mol. The average Bonchev–Trinajstić information content (AvgIpc) is 2.55. The van der Waals surface area contributed by atoms with Crippen LogP contribution in [-0.4, -0.2) is 33.3 Å². The third kappa shape index (κ3) is 4.31. The lowest BCUT2D eigenvalue weighted by molar-refractivity contribution is 0.0827. The molecule has 0 spiro atoms. The van der Waals surface area contributed by atoms with E-state index in [0.29, 0.717) is 11.1 Å². The molecule has 0 saturated carbocycles. The number of benzene rings is 2. The molecule has 2 aromatic carbocycles. The molecule has 0 unspecified atom stereocenters. The first kappa shape index (κ1) is 18.4. The van der Waals surface area contributed by atoms with E-state index in [0.717, 1.165) is 18.2 Å². The van der Waals surface area contributed by atoms with Gasteiger partial charge in [-0.3, -0.25) is 4.79 Å². The van der Waals surface area contributed by atoms with Gasteiger partial charge in [0.1, 0.15) is 5.82 Å². The average molecular weight is 371 g/mol. The zero-order chi connectivity index (χ0) is 17.9. The van der Waals surface area contributed by atoms with E-state index in [2.05, 4.69) is 4.72 Å². The zero-order valence-corrected chi connectivity index (χ0v) is 14.7. The van der Waals surface area contributed by atoms with Crippen molar-refractivity contribution in [1.29, 1.82) is 0 Å². The van der Waals surface area contributed by atoms with E-state index in [4.69, 9.17) is 11.6 Å². The molecule has 2 rings (SSSR count). The van der Waals surface area contributed by atoms with Crippen LogP contribution < -0.4 is 4.72 Å². The number of nitrogens with one attached hydrogen (secondary N) is 1. The standard InChI is InChI=1S/C16H16ClFN2O3S/c1-20(2)16(21)12-5-3-11(4-6-12)10-19-24(22,23)13-7-8-15(18)14(17)9-13/h3-9,19H,10H2,1-2H3. The first-order valence-corrected chi connectivity index (χ1v) is 8.82. The minimum Gasteiger partial charge on any atom is -0.345 e. The number of carbonyl (C=O) groups is 1. The van der Waals surface area contributed by atoms with E-state index in [1.54, 1.807) is 38.4 Å². The quantitative estimate of drug-likeness (QED) is 0.879. The Kier molecular flexibility index (Phi) is 5.58. The molecule has 0 aromatic heterocycles. The second-order valence-corrected chi connectivity index (χ2v) is 7.47. The molecular weight excluding hydrogens is 355 g/mol. The minimum atomic E-state index is -3.81. The van der Waals surface area contributed by atoms with Crippen LogP contribution in [0.4, 0.5) is 4.39 Å². The summed E-state index contributed by atoms with van der Waals surface area (Å²) >= 11 is 5.61. The summed E-state index contributed by atoms with van der Waals surface area (Å²) in [4.78, 5) is 13.1. The molecule has 5 nitrogen and oxygen atoms in total. The largest absolute Gasteiger partial charge is 0.345 e. The van der Waals surface area contributed by atoms with Gasteiger partial charge < -0.3 is 4.90 Å². The molecule has 2 aromatic rings. The third-order valence-corrected chi connectivity index (χ3v) is 4.96. The van der Waals surface area contributed by atoms with E-state index in [1.807, 2.05) is 0 Å². The summed E-state index contributed by atoms with van der Waals surface area (Å²) in [6.07, 6.45) is 0. The van der Waals surface area contributed by atoms with Crippen LogP contribution in [0.2, 0.25) is 5.02 Å². The van der Waals surface area contributed by atoms with Crippen LogP contribution >= 0.6 is 11.6 Å². The van der Waals surface area contributed by atoms with Crippen molar-refractivity contribution in [2.45, 2.75) is 11.4 Å². The van der Waals surface area contributed by atoms with Gasteiger partial charge in [0, 0.05) is 26.2 Å². The molecule has 0 atom stereocenters. The maximum absolute atomic E-state index is 13.1. The second-order valence-electron chi connectivity index (χ2n) is 5.30. The van der Waals surface area contributed by atoms with Crippen molar-refractivity contribution in [3.8, 4) is 0 Å². The van der Waals surface area contributed by atoms with E-state index in [-0.39, 0.29) is 22.4 Å². The SMILES string of the molecule is CN(C)C(=O)c1ccc(CNS(=O)(=O)c2ccc(F)c(Cl)c2)cc1. The molecule has 128 valence electrons. The molecule has 0 radical (unpaired) electrons. The first-order valence-electron chi connectivity index (χ1n) is 6.96. The lowest BCUT2D eigenvalue weighted by Gasteiger charge is -2.11. The summed E-state index contributed by atoms with van der Waals surface area (Å²) in [7, 11) is -0.512. The van der Waals surface area contributed by atoms with Crippen LogP contribution in [0.25, 0.3) is 0 Å². The number of hydrogen-bond acceptors (Lipinski definition) is 3. The fourth-order valence-electron chi connectivity index (χ4n) is 1.93. The van der Waals surface area contributed by atoms with Gasteiger partial charge >= 0.3 is 0 Å². The van der Waals surface area contributed by atoms with Crippen molar-refractivity contribution in [2.24, 2.45) is 0 Å². The number of halogens is 2. The van der Waals surface area contributed by atoms with Crippen molar-refractivity contribution in [2.75, 3.05) is 14.1 Å². The van der Waals surface area contributed by atoms with Crippen LogP contribution in [0, 0.1) is 5.82 Å². The van der Waals surface area contributed by atoms with E-state index >= 15 is 0 Å². The highest BCUT2D eigenvalue weighted by atomic mass is 35.5. The Morgan fingerprint density at radius 3 is 2.33 bits per heavy atom. The van der Waals surface area contributed by atoms with Gasteiger partial charge in [-0.1, -0.05) is 23.7 Å². The number of sulfonamides is 1. The summed E-state index contributed by atoms with van der Waals surface area (Å²) in [6.45, 7) is 0.0355. The lowest BCUT2D eigenvalue weighted by atomic mass is 10.1. The van der Waals surface area contributed by atoms with Gasteiger partial charge in [-0.25, -0.2) is 17.5 Å². The molecule has 1 amide bonds. The number of hydrogen-bond donors (Lipinski definition) is 1. The molecule has 0 aliphatic heterocycles. The third-order valence-electron chi connectivity index (χ3n) is 3.27. The van der Waals surface area contributed by atoms with Crippen LogP contribution in [0.5, 0.6) is 0 Å². The van der Waals surface area contributed by atoms with E-state index in [9.17, 15) is 17.6 Å². The molecule has 0 fully saturated rings. The maximum atomic E-state index is 13.1. The van der Waals surface area contributed by atoms with Crippen LogP contribution in [-0.2, 0) is 16.6 Å².